The molecule has 1 saturated heterocycles. The molecule has 9 nitrogen and oxygen atoms in total. The molecule has 0 radical (unpaired) electrons. The van der Waals surface area contributed by atoms with Crippen molar-refractivity contribution in [3.63, 3.8) is 0 Å². The summed E-state index contributed by atoms with van der Waals surface area (Å²) in [5.74, 6) is -0.129. The van der Waals surface area contributed by atoms with E-state index in [9.17, 15) is 18.4 Å². The van der Waals surface area contributed by atoms with E-state index in [-0.39, 0.29) is 25.4 Å². The highest BCUT2D eigenvalue weighted by Crippen LogP contribution is 2.30. The van der Waals surface area contributed by atoms with E-state index in [0.717, 1.165) is 15.1 Å². The van der Waals surface area contributed by atoms with Crippen LogP contribution in [0.2, 0.25) is 0 Å². The molecule has 4 rings (SSSR count). The molecule has 32 heavy (non-hydrogen) atoms. The first-order valence-corrected chi connectivity index (χ1v) is 10.9. The topological polar surface area (TPSA) is 115 Å². The lowest BCUT2D eigenvalue weighted by Crippen LogP contribution is -2.44. The smallest absolute Gasteiger partial charge is 0.246 e. The van der Waals surface area contributed by atoms with E-state index in [1.54, 1.807) is 55.9 Å². The molecule has 2 unspecified atom stereocenters. The van der Waals surface area contributed by atoms with Crippen LogP contribution >= 0.6 is 0 Å². The Balaban J connectivity index is 1.52. The Morgan fingerprint density at radius 3 is 2.69 bits per heavy atom. The number of carbonyl (C=O) groups excluding carboxylic acids is 2. The third-order valence-electron chi connectivity index (χ3n) is 5.30. The second-order valence-electron chi connectivity index (χ2n) is 7.29. The average Bonchev–Trinajstić information content (AvgIpc) is 3.13. The third-order valence-corrected chi connectivity index (χ3v) is 6.08. The molecular weight excluding hydrogens is 432 g/mol. The largest absolute Gasteiger partial charge is 0.755 e. The van der Waals surface area contributed by atoms with Gasteiger partial charge in [-0.15, -0.1) is 0 Å². The highest BCUT2D eigenvalue weighted by atomic mass is 32.2. The fourth-order valence-corrected chi connectivity index (χ4v) is 4.44. The van der Waals surface area contributed by atoms with E-state index in [1.165, 1.54) is 4.90 Å². The molecule has 1 N–H and O–H groups in total. The van der Waals surface area contributed by atoms with Crippen molar-refractivity contribution in [2.45, 2.75) is 12.5 Å². The van der Waals surface area contributed by atoms with Gasteiger partial charge in [-0.05, 0) is 53.6 Å². The number of hydrogen-bond acceptors (Lipinski definition) is 6. The van der Waals surface area contributed by atoms with Crippen molar-refractivity contribution >= 4 is 45.2 Å². The van der Waals surface area contributed by atoms with Crippen LogP contribution in [0.15, 0.2) is 60.9 Å². The van der Waals surface area contributed by atoms with Gasteiger partial charge in [-0.25, -0.2) is 0 Å². The highest BCUT2D eigenvalue weighted by molar-refractivity contribution is 7.80. The van der Waals surface area contributed by atoms with Gasteiger partial charge >= 0.3 is 0 Å². The van der Waals surface area contributed by atoms with Crippen LogP contribution in [-0.4, -0.2) is 56.7 Å². The molecule has 1 aliphatic heterocycles. The molecule has 1 fully saturated rings. The predicted octanol–water partition coefficient (Wildman–Crippen LogP) is 2.08. The lowest BCUT2D eigenvalue weighted by molar-refractivity contribution is -0.132. The van der Waals surface area contributed by atoms with Gasteiger partial charge in [-0.1, -0.05) is 12.1 Å². The maximum atomic E-state index is 13.0. The Morgan fingerprint density at radius 2 is 1.97 bits per heavy atom. The molecule has 2 amide bonds. The fourth-order valence-electron chi connectivity index (χ4n) is 3.75. The van der Waals surface area contributed by atoms with Gasteiger partial charge in [0.05, 0.1) is 13.7 Å². The summed E-state index contributed by atoms with van der Waals surface area (Å²) in [4.78, 5) is 30.6. The number of anilines is 2. The molecule has 2 aromatic carbocycles. The van der Waals surface area contributed by atoms with Crippen molar-refractivity contribution in [2.75, 3.05) is 29.8 Å². The molecular formula is C22H21N4O5S-. The Kier molecular flexibility index (Phi) is 6.33. The molecule has 10 heteroatoms. The molecule has 2 heterocycles. The molecule has 0 aliphatic carbocycles. The number of fused-ring (bicyclic) bond motifs is 1. The Labute approximate surface area is 187 Å². The van der Waals surface area contributed by atoms with Gasteiger partial charge in [0.15, 0.2) is 0 Å². The standard InChI is InChI=1S/C22H22N4O5S/c1-31-19-5-3-15-2-4-18(12-16(15)13-19)26(32(29)30)20-8-11-25(22(20)28)14-21(27)24-17-6-9-23-10-7-17/h2-7,9-10,12-13,20H,8,11,14H2,1H3,(H,29,30)(H,23,24,27)/p-1. The summed E-state index contributed by atoms with van der Waals surface area (Å²) in [7, 11) is 1.56. The number of nitrogens with one attached hydrogen (secondary N) is 1. The number of benzene rings is 2. The zero-order chi connectivity index (χ0) is 22.7. The lowest BCUT2D eigenvalue weighted by Gasteiger charge is -2.31. The highest BCUT2D eigenvalue weighted by Gasteiger charge is 2.37. The molecule has 1 aliphatic rings. The first-order chi connectivity index (χ1) is 15.5. The zero-order valence-electron chi connectivity index (χ0n) is 17.3. The molecule has 1 aromatic heterocycles. The van der Waals surface area contributed by atoms with Crippen LogP contribution < -0.4 is 14.4 Å². The Hall–Kier alpha value is -3.50. The molecule has 0 saturated carbocycles. The number of methoxy groups -OCH3 is 1. The van der Waals surface area contributed by atoms with E-state index in [0.29, 0.717) is 17.1 Å². The third kappa shape index (κ3) is 4.56. The molecule has 0 bridgehead atoms. The molecule has 3 aromatic rings. The summed E-state index contributed by atoms with van der Waals surface area (Å²) >= 11 is -2.68. The minimum atomic E-state index is -2.68. The maximum absolute atomic E-state index is 13.0. The van der Waals surface area contributed by atoms with E-state index in [1.807, 2.05) is 12.1 Å². The van der Waals surface area contributed by atoms with Crippen molar-refractivity contribution in [2.24, 2.45) is 0 Å². The van der Waals surface area contributed by atoms with Crippen molar-refractivity contribution in [1.29, 1.82) is 0 Å². The summed E-state index contributed by atoms with van der Waals surface area (Å²) in [6.45, 7) is 0.119. The number of nitrogens with zero attached hydrogens (tertiary/aromatic N) is 3. The van der Waals surface area contributed by atoms with Crippen LogP contribution in [0.1, 0.15) is 6.42 Å². The van der Waals surface area contributed by atoms with Gasteiger partial charge in [-0.2, -0.15) is 0 Å². The fraction of sp³-hybridized carbons (Fsp3) is 0.227. The van der Waals surface area contributed by atoms with Crippen molar-refractivity contribution < 1.29 is 23.1 Å². The SMILES string of the molecule is COc1ccc2ccc(N(C3CCN(CC(=O)Nc4ccncc4)C3=O)S(=O)[O-])cc2c1. The van der Waals surface area contributed by atoms with Gasteiger partial charge in [0.2, 0.25) is 11.8 Å². The van der Waals surface area contributed by atoms with Crippen LogP contribution in [0.25, 0.3) is 10.8 Å². The van der Waals surface area contributed by atoms with Crippen LogP contribution in [0.5, 0.6) is 5.75 Å². The summed E-state index contributed by atoms with van der Waals surface area (Å²) in [6.07, 6.45) is 3.38. The van der Waals surface area contributed by atoms with Gasteiger partial charge in [0.1, 0.15) is 11.8 Å². The Bertz CT molecular complexity index is 1170. The number of amides is 2. The first-order valence-electron chi connectivity index (χ1n) is 9.91. The van der Waals surface area contributed by atoms with E-state index in [2.05, 4.69) is 10.3 Å². The summed E-state index contributed by atoms with van der Waals surface area (Å²) in [6, 6.07) is 13.0. The number of rotatable bonds is 7. The summed E-state index contributed by atoms with van der Waals surface area (Å²) in [5.41, 5.74) is 0.947. The normalized spacial score (nSPS) is 16.8. The second-order valence-corrected chi connectivity index (χ2v) is 8.12. The number of aromatic nitrogens is 1. The van der Waals surface area contributed by atoms with Gasteiger partial charge < -0.3 is 19.5 Å². The molecule has 0 spiro atoms. The number of hydrogen-bond donors (Lipinski definition) is 1. The van der Waals surface area contributed by atoms with Crippen molar-refractivity contribution in [3.05, 3.63) is 60.9 Å². The maximum Gasteiger partial charge on any atom is 0.246 e. The summed E-state index contributed by atoms with van der Waals surface area (Å²) in [5, 5.41) is 4.40. The number of ether oxygens (including phenoxy) is 1. The summed E-state index contributed by atoms with van der Waals surface area (Å²) < 4.78 is 30.5. The number of carbonyl (C=O) groups is 2. The van der Waals surface area contributed by atoms with Gasteiger partial charge in [0, 0.05) is 41.6 Å². The predicted molar refractivity (Wildman–Crippen MR) is 120 cm³/mol. The van der Waals surface area contributed by atoms with Crippen molar-refractivity contribution in [3.8, 4) is 5.75 Å². The molecule has 2 atom stereocenters. The van der Waals surface area contributed by atoms with Crippen LogP contribution in [-0.2, 0) is 20.9 Å². The quantitative estimate of drug-likeness (QED) is 0.548. The average molecular weight is 454 g/mol. The van der Waals surface area contributed by atoms with E-state index in [4.69, 9.17) is 4.74 Å². The van der Waals surface area contributed by atoms with E-state index < -0.39 is 23.2 Å². The van der Waals surface area contributed by atoms with Crippen LogP contribution in [0.4, 0.5) is 11.4 Å². The van der Waals surface area contributed by atoms with Gasteiger partial charge in [0.25, 0.3) is 0 Å². The Morgan fingerprint density at radius 1 is 1.22 bits per heavy atom. The number of likely N-dealkylation sites (tertiary alicyclic amines) is 1. The zero-order valence-corrected chi connectivity index (χ0v) is 18.1. The lowest BCUT2D eigenvalue weighted by atomic mass is 10.1. The van der Waals surface area contributed by atoms with Gasteiger partial charge in [-0.3, -0.25) is 23.1 Å². The molecule has 166 valence electrons. The van der Waals surface area contributed by atoms with Crippen LogP contribution in [0, 0.1) is 0 Å². The van der Waals surface area contributed by atoms with Crippen molar-refractivity contribution in [1.82, 2.24) is 9.88 Å². The minimum absolute atomic E-state index is 0.161. The number of pyridine rings is 1. The van der Waals surface area contributed by atoms with Crippen LogP contribution in [0.3, 0.4) is 0 Å². The monoisotopic (exact) mass is 453 g/mol. The van der Waals surface area contributed by atoms with E-state index >= 15 is 0 Å². The first kappa shape index (κ1) is 21.7. The minimum Gasteiger partial charge on any atom is -0.755 e. The second kappa shape index (κ2) is 9.33.